The Bertz CT molecular complexity index is 1000. The summed E-state index contributed by atoms with van der Waals surface area (Å²) < 4.78 is 6.34. The number of nitrogen functional groups attached to an aromatic ring is 1. The van der Waals surface area contributed by atoms with Crippen LogP contribution in [0.5, 0.6) is 5.75 Å². The average molecular weight is 378 g/mol. The maximum atomic E-state index is 11.3. The van der Waals surface area contributed by atoms with Gasteiger partial charge in [0.2, 0.25) is 0 Å². The van der Waals surface area contributed by atoms with Gasteiger partial charge in [-0.25, -0.2) is 0 Å². The van der Waals surface area contributed by atoms with Crippen molar-refractivity contribution in [1.82, 2.24) is 4.98 Å². The molecule has 1 atom stereocenters. The Balaban J connectivity index is 1.78. The first-order valence-corrected chi connectivity index (χ1v) is 9.90. The summed E-state index contributed by atoms with van der Waals surface area (Å²) in [5, 5.41) is 10.4. The van der Waals surface area contributed by atoms with Gasteiger partial charge in [-0.05, 0) is 78.9 Å². The third kappa shape index (κ3) is 3.70. The van der Waals surface area contributed by atoms with Crippen LogP contribution in [0, 0.1) is 5.92 Å². The van der Waals surface area contributed by atoms with E-state index in [1.54, 1.807) is 6.92 Å². The number of hydrogen-bond donors (Lipinski definition) is 3. The molecule has 4 N–H and O–H groups in total. The number of benzene rings is 2. The van der Waals surface area contributed by atoms with E-state index in [1.165, 1.54) is 12.8 Å². The maximum absolute atomic E-state index is 11.3. The summed E-state index contributed by atoms with van der Waals surface area (Å²) >= 11 is 0. The van der Waals surface area contributed by atoms with Gasteiger partial charge in [0.1, 0.15) is 5.75 Å². The molecule has 0 spiro atoms. The molecule has 1 aliphatic carbocycles. The largest absolute Gasteiger partial charge is 0.488 e. The van der Waals surface area contributed by atoms with Crippen molar-refractivity contribution in [2.45, 2.75) is 45.1 Å². The molecule has 1 heterocycles. The highest BCUT2D eigenvalue weighted by atomic mass is 16.5. The molecule has 1 aromatic heterocycles. The number of nitrogens with two attached hydrogens (primary N) is 1. The van der Waals surface area contributed by atoms with Gasteiger partial charge in [-0.2, -0.15) is 0 Å². The van der Waals surface area contributed by atoms with Crippen molar-refractivity contribution in [2.24, 2.45) is 5.92 Å². The number of H-pyrrole nitrogens is 1. The lowest BCUT2D eigenvalue weighted by atomic mass is 9.95. The molecule has 0 amide bonds. The smallest absolute Gasteiger partial charge is 0.306 e. The lowest BCUT2D eigenvalue weighted by Crippen LogP contribution is -2.15. The number of rotatable bonds is 6. The van der Waals surface area contributed by atoms with Crippen molar-refractivity contribution in [3.63, 3.8) is 0 Å². The number of carboxylic acid groups (broad SMARTS) is 1. The van der Waals surface area contributed by atoms with Gasteiger partial charge in [0.05, 0.1) is 17.7 Å². The maximum Gasteiger partial charge on any atom is 0.306 e. The standard InChI is InChI=1S/C23H26N2O3/c1-14(23(26)27)10-15-11-19(16-6-7-21-17(13-16)8-9-25-21)22(20(24)12-15)28-18-4-2-3-5-18/h6-9,11-14,18,25H,2-5,10,24H2,1H3,(H,26,27). The van der Waals surface area contributed by atoms with E-state index < -0.39 is 11.9 Å². The molecule has 2 aromatic carbocycles. The zero-order valence-electron chi connectivity index (χ0n) is 16.1. The van der Waals surface area contributed by atoms with Crippen LogP contribution < -0.4 is 10.5 Å². The number of fused-ring (bicyclic) bond motifs is 1. The van der Waals surface area contributed by atoms with Gasteiger partial charge in [0, 0.05) is 17.3 Å². The van der Waals surface area contributed by atoms with E-state index in [-0.39, 0.29) is 6.10 Å². The second-order valence-corrected chi connectivity index (χ2v) is 7.81. The van der Waals surface area contributed by atoms with Crippen molar-refractivity contribution in [2.75, 3.05) is 5.73 Å². The average Bonchev–Trinajstić information content (AvgIpc) is 3.34. The fourth-order valence-corrected chi connectivity index (χ4v) is 4.01. The first kappa shape index (κ1) is 18.4. The van der Waals surface area contributed by atoms with Gasteiger partial charge in [-0.15, -0.1) is 0 Å². The first-order chi connectivity index (χ1) is 13.5. The Labute approximate surface area is 164 Å². The van der Waals surface area contributed by atoms with Crippen LogP contribution in [0.15, 0.2) is 42.6 Å². The highest BCUT2D eigenvalue weighted by Gasteiger charge is 2.22. The number of carbonyl (C=O) groups is 1. The Morgan fingerprint density at radius 2 is 2.04 bits per heavy atom. The van der Waals surface area contributed by atoms with Gasteiger partial charge in [-0.1, -0.05) is 13.0 Å². The molecule has 1 saturated carbocycles. The minimum absolute atomic E-state index is 0.195. The van der Waals surface area contributed by atoms with Gasteiger partial charge in [-0.3, -0.25) is 4.79 Å². The highest BCUT2D eigenvalue weighted by molar-refractivity contribution is 5.88. The third-order valence-electron chi connectivity index (χ3n) is 5.59. The molecule has 1 aliphatic rings. The predicted octanol–water partition coefficient (Wildman–Crippen LogP) is 5.00. The summed E-state index contributed by atoms with van der Waals surface area (Å²) in [4.78, 5) is 14.5. The highest BCUT2D eigenvalue weighted by Crippen LogP contribution is 2.40. The van der Waals surface area contributed by atoms with Crippen LogP contribution in [0.25, 0.3) is 22.0 Å². The van der Waals surface area contributed by atoms with Crippen LogP contribution in [0.1, 0.15) is 38.2 Å². The SMILES string of the molecule is CC(Cc1cc(N)c(OC2CCCC2)c(-c2ccc3[nH]ccc3c2)c1)C(=O)O. The number of hydrogen-bond acceptors (Lipinski definition) is 3. The minimum atomic E-state index is -0.805. The number of carboxylic acids is 1. The minimum Gasteiger partial charge on any atom is -0.488 e. The van der Waals surface area contributed by atoms with Crippen molar-refractivity contribution < 1.29 is 14.6 Å². The summed E-state index contributed by atoms with van der Waals surface area (Å²) in [5.41, 5.74) is 10.9. The molecule has 1 unspecified atom stereocenters. The van der Waals surface area contributed by atoms with Gasteiger partial charge < -0.3 is 20.6 Å². The molecule has 0 bridgehead atoms. The fourth-order valence-electron chi connectivity index (χ4n) is 4.01. The van der Waals surface area contributed by atoms with Crippen molar-refractivity contribution in [1.29, 1.82) is 0 Å². The first-order valence-electron chi connectivity index (χ1n) is 9.90. The number of aliphatic carboxylic acids is 1. The number of ether oxygens (including phenoxy) is 1. The van der Waals surface area contributed by atoms with Gasteiger partial charge >= 0.3 is 5.97 Å². The molecule has 146 valence electrons. The number of anilines is 1. The van der Waals surface area contributed by atoms with Crippen LogP contribution in [0.4, 0.5) is 5.69 Å². The molecule has 3 aromatic rings. The normalized spacial score (nSPS) is 15.8. The molecule has 0 saturated heterocycles. The molecule has 0 radical (unpaired) electrons. The molecule has 0 aliphatic heterocycles. The van der Waals surface area contributed by atoms with E-state index >= 15 is 0 Å². The molecule has 28 heavy (non-hydrogen) atoms. The van der Waals surface area contributed by atoms with Gasteiger partial charge in [0.15, 0.2) is 0 Å². The Hall–Kier alpha value is -2.95. The molecular formula is C23H26N2O3. The molecule has 4 rings (SSSR count). The second kappa shape index (κ2) is 7.58. The number of aromatic amines is 1. The molecule has 5 heteroatoms. The van der Waals surface area contributed by atoms with E-state index in [9.17, 15) is 9.90 Å². The quantitative estimate of drug-likeness (QED) is 0.527. The second-order valence-electron chi connectivity index (χ2n) is 7.81. The van der Waals surface area contributed by atoms with Crippen LogP contribution in [-0.2, 0) is 11.2 Å². The summed E-state index contributed by atoms with van der Waals surface area (Å²) in [6, 6.07) is 12.2. The molecule has 5 nitrogen and oxygen atoms in total. The fraction of sp³-hybridized carbons (Fsp3) is 0.348. The number of aromatic nitrogens is 1. The van der Waals surface area contributed by atoms with E-state index in [1.807, 2.05) is 30.5 Å². The van der Waals surface area contributed by atoms with Crippen molar-refractivity contribution in [3.05, 3.63) is 48.2 Å². The third-order valence-corrected chi connectivity index (χ3v) is 5.59. The molecular weight excluding hydrogens is 352 g/mol. The van der Waals surface area contributed by atoms with Crippen molar-refractivity contribution >= 4 is 22.6 Å². The summed E-state index contributed by atoms with van der Waals surface area (Å²) in [6.07, 6.45) is 7.01. The van der Waals surface area contributed by atoms with E-state index in [2.05, 4.69) is 17.1 Å². The molecule has 1 fully saturated rings. The van der Waals surface area contributed by atoms with Crippen LogP contribution >= 0.6 is 0 Å². The van der Waals surface area contributed by atoms with E-state index in [0.29, 0.717) is 17.9 Å². The van der Waals surface area contributed by atoms with Crippen molar-refractivity contribution in [3.8, 4) is 16.9 Å². The van der Waals surface area contributed by atoms with Crippen LogP contribution in [-0.4, -0.2) is 22.2 Å². The summed E-state index contributed by atoms with van der Waals surface area (Å²) in [7, 11) is 0. The summed E-state index contributed by atoms with van der Waals surface area (Å²) in [5.74, 6) is -0.560. The number of nitrogens with one attached hydrogen (secondary N) is 1. The van der Waals surface area contributed by atoms with E-state index in [4.69, 9.17) is 10.5 Å². The van der Waals surface area contributed by atoms with Crippen LogP contribution in [0.3, 0.4) is 0 Å². The Kier molecular flexibility index (Phi) is 4.99. The lowest BCUT2D eigenvalue weighted by Gasteiger charge is -2.20. The van der Waals surface area contributed by atoms with E-state index in [0.717, 1.165) is 40.4 Å². The Morgan fingerprint density at radius 1 is 1.25 bits per heavy atom. The monoisotopic (exact) mass is 378 g/mol. The lowest BCUT2D eigenvalue weighted by molar-refractivity contribution is -0.141. The zero-order chi connectivity index (χ0) is 19.7. The topological polar surface area (TPSA) is 88.3 Å². The van der Waals surface area contributed by atoms with Gasteiger partial charge in [0.25, 0.3) is 0 Å². The summed E-state index contributed by atoms with van der Waals surface area (Å²) in [6.45, 7) is 1.72. The van der Waals surface area contributed by atoms with Crippen LogP contribution in [0.2, 0.25) is 0 Å². The predicted molar refractivity (Wildman–Crippen MR) is 112 cm³/mol. The zero-order valence-corrected chi connectivity index (χ0v) is 16.1. The Morgan fingerprint density at radius 3 is 2.79 bits per heavy atom.